The van der Waals surface area contributed by atoms with Gasteiger partial charge in [0.25, 0.3) is 0 Å². The van der Waals surface area contributed by atoms with E-state index in [0.717, 1.165) is 5.56 Å². The first-order valence-electron chi connectivity index (χ1n) is 29.2. The van der Waals surface area contributed by atoms with Crippen molar-refractivity contribution in [3.63, 3.8) is 0 Å². The average molecular weight is 1250 g/mol. The van der Waals surface area contributed by atoms with Crippen molar-refractivity contribution in [3.05, 3.63) is 144 Å². The molecule has 0 aromatic heterocycles. The second-order valence-corrected chi connectivity index (χ2v) is 21.3. The molecule has 0 aliphatic carbocycles. The van der Waals surface area contributed by atoms with Gasteiger partial charge in [0, 0.05) is 38.6 Å². The highest BCUT2D eigenvalue weighted by Gasteiger charge is 2.31. The van der Waals surface area contributed by atoms with Crippen LogP contribution in [0.2, 0.25) is 0 Å². The second-order valence-electron chi connectivity index (χ2n) is 21.3. The molecule has 4 aromatic carbocycles. The summed E-state index contributed by atoms with van der Waals surface area (Å²) in [5, 5.41) is 23.9. The summed E-state index contributed by atoms with van der Waals surface area (Å²) in [7, 11) is 0. The zero-order chi connectivity index (χ0) is 65.5. The van der Waals surface area contributed by atoms with Crippen LogP contribution in [0.15, 0.2) is 121 Å². The summed E-state index contributed by atoms with van der Waals surface area (Å²) in [6.07, 6.45) is -3.51. The number of amides is 6. The van der Waals surface area contributed by atoms with Crippen LogP contribution in [-0.2, 0) is 117 Å². The molecule has 26 nitrogen and oxygen atoms in total. The predicted octanol–water partition coefficient (Wildman–Crippen LogP) is 3.49. The average Bonchev–Trinajstić information content (AvgIpc) is 3.59. The Morgan fingerprint density at radius 1 is 0.400 bits per heavy atom. The lowest BCUT2D eigenvalue weighted by Gasteiger charge is -2.23. The van der Waals surface area contributed by atoms with Crippen molar-refractivity contribution in [2.24, 2.45) is 0 Å². The summed E-state index contributed by atoms with van der Waals surface area (Å²) >= 11 is 0. The van der Waals surface area contributed by atoms with Crippen molar-refractivity contribution in [3.8, 4) is 0 Å². The van der Waals surface area contributed by atoms with Crippen LogP contribution in [0.5, 0.6) is 0 Å². The van der Waals surface area contributed by atoms with Gasteiger partial charge in [-0.2, -0.15) is 0 Å². The molecule has 0 spiro atoms. The van der Waals surface area contributed by atoms with Crippen LogP contribution in [0.4, 0.5) is 0 Å². The smallest absolute Gasteiger partial charge is 0.328 e. The molecular weight excluding hydrogens is 1170 g/mol. The number of benzene rings is 4. The molecule has 90 heavy (non-hydrogen) atoms. The summed E-state index contributed by atoms with van der Waals surface area (Å²) < 4.78 is 38.0. The van der Waals surface area contributed by atoms with Crippen LogP contribution in [0.25, 0.3) is 0 Å². The Labute approximate surface area is 521 Å². The van der Waals surface area contributed by atoms with Gasteiger partial charge in [-0.3, -0.25) is 47.9 Å². The monoisotopic (exact) mass is 1250 g/mol. The largest absolute Gasteiger partial charge is 0.481 e. The predicted molar refractivity (Wildman–Crippen MR) is 320 cm³/mol. The van der Waals surface area contributed by atoms with E-state index in [9.17, 15) is 57.5 Å². The lowest BCUT2D eigenvalue weighted by molar-refractivity contribution is -0.155. The molecule has 4 atom stereocenters. The third-order valence-electron chi connectivity index (χ3n) is 12.6. The summed E-state index contributed by atoms with van der Waals surface area (Å²) in [6.45, 7) is 3.00. The Morgan fingerprint density at radius 3 is 1.28 bits per heavy atom. The lowest BCUT2D eigenvalue weighted by Crippen LogP contribution is -2.53. The first-order chi connectivity index (χ1) is 43.1. The second kappa shape index (κ2) is 40.8. The van der Waals surface area contributed by atoms with Crippen molar-refractivity contribution >= 4 is 71.3 Å². The number of carboxylic acids is 1. The third-order valence-corrected chi connectivity index (χ3v) is 12.6. The van der Waals surface area contributed by atoms with Crippen molar-refractivity contribution in [2.75, 3.05) is 39.5 Å². The molecule has 4 unspecified atom stereocenters. The number of carbonyl (C=O) groups is 12. The van der Waals surface area contributed by atoms with Gasteiger partial charge in [-0.05, 0) is 68.7 Å². The summed E-state index contributed by atoms with van der Waals surface area (Å²) in [5.41, 5.74) is 1.89. The molecule has 4 aromatic rings. The minimum atomic E-state index is -1.55. The highest BCUT2D eigenvalue weighted by molar-refractivity contribution is 5.93. The molecule has 0 aliphatic heterocycles. The van der Waals surface area contributed by atoms with Gasteiger partial charge in [0.05, 0.1) is 26.2 Å². The molecule has 0 saturated heterocycles. The number of aliphatic carboxylic acids is 1. The molecule has 7 N–H and O–H groups in total. The molecule has 486 valence electrons. The lowest BCUT2D eigenvalue weighted by atomic mass is 10.1. The van der Waals surface area contributed by atoms with E-state index in [1.807, 2.05) is 0 Å². The van der Waals surface area contributed by atoms with Crippen molar-refractivity contribution in [1.82, 2.24) is 31.9 Å². The Kier molecular flexibility index (Phi) is 33.1. The molecule has 0 fully saturated rings. The number of rotatable bonds is 41. The van der Waals surface area contributed by atoms with Crippen LogP contribution in [-0.4, -0.2) is 146 Å². The number of hydrogen-bond acceptors (Lipinski definition) is 19. The van der Waals surface area contributed by atoms with Crippen molar-refractivity contribution in [1.29, 1.82) is 0 Å². The fraction of sp³-hybridized carbons (Fsp3) is 0.438. The van der Waals surface area contributed by atoms with Gasteiger partial charge in [-0.1, -0.05) is 121 Å². The van der Waals surface area contributed by atoms with E-state index in [1.54, 1.807) is 142 Å². The molecule has 0 aliphatic rings. The molecule has 26 heteroatoms. The van der Waals surface area contributed by atoms with Crippen LogP contribution in [0, 0.1) is 0 Å². The Hall–Kier alpha value is -9.56. The normalized spacial score (nSPS) is 12.2. The fourth-order valence-corrected chi connectivity index (χ4v) is 8.05. The van der Waals surface area contributed by atoms with E-state index in [-0.39, 0.29) is 91.3 Å². The minimum Gasteiger partial charge on any atom is -0.481 e. The van der Waals surface area contributed by atoms with Gasteiger partial charge in [-0.25, -0.2) is 9.59 Å². The van der Waals surface area contributed by atoms with Gasteiger partial charge in [0.2, 0.25) is 35.4 Å². The SMILES string of the molecule is CC(C)(C)OC(=O)CNC(=O)C(CCC(=O)NCCOCCOCC(=O)NC(CCC(=O)NC(CCC(=O)OCc1ccccc1)C(=O)OCc1ccccc1)C(=O)NC(CCC(=O)OCc1ccccc1)C(=O)OCc1ccccc1)NC(=O)CCC(=O)O. The molecule has 0 radical (unpaired) electrons. The van der Waals surface area contributed by atoms with E-state index in [0.29, 0.717) is 16.7 Å². The van der Waals surface area contributed by atoms with Gasteiger partial charge >= 0.3 is 35.8 Å². The number of ether oxygens (including phenoxy) is 7. The summed E-state index contributed by atoms with van der Waals surface area (Å²) in [5.74, 6) is -9.80. The maximum atomic E-state index is 14.3. The van der Waals surface area contributed by atoms with E-state index >= 15 is 0 Å². The van der Waals surface area contributed by atoms with E-state index < -0.39 is 140 Å². The van der Waals surface area contributed by atoms with Crippen LogP contribution >= 0.6 is 0 Å². The molecule has 0 saturated carbocycles. The molecule has 0 heterocycles. The fourth-order valence-electron chi connectivity index (χ4n) is 8.05. The minimum absolute atomic E-state index is 0.0171. The van der Waals surface area contributed by atoms with Crippen LogP contribution in [0.3, 0.4) is 0 Å². The zero-order valence-electron chi connectivity index (χ0n) is 50.7. The third kappa shape index (κ3) is 32.4. The quantitative estimate of drug-likeness (QED) is 0.0190. The van der Waals surface area contributed by atoms with E-state index in [1.165, 1.54) is 0 Å². The standard InChI is InChI=1S/C64H80N6O20/c1-64(2,3)90-59(79)38-66-60(80)48(67-54(73)30-31-56(75)76)24-28-52(71)65-34-35-84-36-37-85-43-55(74)68-49(61(81)70-51(63(83)89-42-47-22-14-7-15-23-47)27-33-58(78)87-40-45-18-10-5-11-19-45)25-29-53(72)69-50(62(82)88-41-46-20-12-6-13-21-46)26-32-57(77)86-39-44-16-8-4-9-17-44/h4-23,48-51H,24-43H2,1-3H3,(H,65,71)(H,66,80)(H,67,73)(H,68,74)(H,69,72)(H,70,81)(H,75,76). The van der Waals surface area contributed by atoms with E-state index in [2.05, 4.69) is 31.9 Å². The highest BCUT2D eigenvalue weighted by Crippen LogP contribution is 2.13. The summed E-state index contributed by atoms with van der Waals surface area (Å²) in [6, 6.07) is 29.5. The number of nitrogens with one attached hydrogen (secondary N) is 6. The first-order valence-corrected chi connectivity index (χ1v) is 29.2. The zero-order valence-corrected chi connectivity index (χ0v) is 50.7. The Balaban J connectivity index is 1.38. The maximum absolute atomic E-state index is 14.3. The molecular formula is C64H80N6O20. The molecule has 4 rings (SSSR count). The van der Waals surface area contributed by atoms with Crippen molar-refractivity contribution in [2.45, 2.75) is 141 Å². The number of carboxylic acid groups (broad SMARTS) is 1. The number of hydrogen-bond donors (Lipinski definition) is 7. The van der Waals surface area contributed by atoms with E-state index in [4.69, 9.17) is 38.3 Å². The topological polar surface area (TPSA) is 362 Å². The Bertz CT molecular complexity index is 2950. The first kappa shape index (κ1) is 72.9. The number of carbonyl (C=O) groups excluding carboxylic acids is 11. The van der Waals surface area contributed by atoms with Crippen molar-refractivity contribution < 1.29 is 95.8 Å². The van der Waals surface area contributed by atoms with Gasteiger partial charge in [0.15, 0.2) is 0 Å². The van der Waals surface area contributed by atoms with Crippen LogP contribution < -0.4 is 31.9 Å². The van der Waals surface area contributed by atoms with Gasteiger partial charge < -0.3 is 70.2 Å². The molecule has 6 amide bonds. The van der Waals surface area contributed by atoms with Gasteiger partial charge in [-0.15, -0.1) is 0 Å². The Morgan fingerprint density at radius 2 is 0.800 bits per heavy atom. The van der Waals surface area contributed by atoms with Crippen LogP contribution in [0.1, 0.15) is 107 Å². The highest BCUT2D eigenvalue weighted by atomic mass is 16.6. The molecule has 0 bridgehead atoms. The van der Waals surface area contributed by atoms with Gasteiger partial charge in [0.1, 0.15) is 69.3 Å². The maximum Gasteiger partial charge on any atom is 0.328 e. The number of esters is 5. The summed E-state index contributed by atoms with van der Waals surface area (Å²) in [4.78, 5) is 156.